The van der Waals surface area contributed by atoms with Gasteiger partial charge in [0.25, 0.3) is 0 Å². The van der Waals surface area contributed by atoms with Crippen molar-refractivity contribution in [1.29, 1.82) is 0 Å². The van der Waals surface area contributed by atoms with Gasteiger partial charge >= 0.3 is 0 Å². The summed E-state index contributed by atoms with van der Waals surface area (Å²) in [4.78, 5) is 0. The normalized spacial score (nSPS) is 13.6. The van der Waals surface area contributed by atoms with Gasteiger partial charge in [0.05, 0.1) is 22.6 Å². The predicted molar refractivity (Wildman–Crippen MR) is 208 cm³/mol. The average Bonchev–Trinajstić information content (AvgIpc) is 3.75. The predicted octanol–water partition coefficient (Wildman–Crippen LogP) is 13.4. The Labute approximate surface area is 287 Å². The summed E-state index contributed by atoms with van der Waals surface area (Å²) in [5.41, 5.74) is 6.54. The van der Waals surface area contributed by atoms with Crippen molar-refractivity contribution >= 4 is 85.6 Å². The molecule has 1 nitrogen and oxygen atoms in total. The molecule has 0 radical (unpaired) electrons. The molecule has 2 aromatic heterocycles. The minimum absolute atomic E-state index is 0.193. The minimum Gasteiger partial charge on any atom is -0.308 e. The molecule has 222 valence electrons. The lowest BCUT2D eigenvalue weighted by Gasteiger charge is -2.17. The molecule has 0 atom stereocenters. The number of hydrogen-bond donors (Lipinski definition) is 0. The van der Waals surface area contributed by atoms with Crippen LogP contribution >= 0.6 is 11.3 Å². The van der Waals surface area contributed by atoms with Gasteiger partial charge in [0.15, 0.2) is 0 Å². The maximum atomic E-state index is 8.73. The van der Waals surface area contributed by atoms with Crippen molar-refractivity contribution in [2.45, 2.75) is 0 Å². The fourth-order valence-corrected chi connectivity index (χ4v) is 9.21. The third-order valence-electron chi connectivity index (χ3n) is 10.0. The lowest BCUT2D eigenvalue weighted by atomic mass is 9.87. The molecular formula is C46H27NS. The summed E-state index contributed by atoms with van der Waals surface area (Å²) in [5.74, 6) is 0. The molecule has 0 aliphatic carbocycles. The van der Waals surface area contributed by atoms with Crippen LogP contribution in [-0.2, 0) is 0 Å². The van der Waals surface area contributed by atoms with E-state index in [2.05, 4.69) is 120 Å². The van der Waals surface area contributed by atoms with Gasteiger partial charge < -0.3 is 4.57 Å². The summed E-state index contributed by atoms with van der Waals surface area (Å²) in [7, 11) is 0. The molecule has 0 bridgehead atoms. The van der Waals surface area contributed by atoms with Crippen LogP contribution in [0.1, 0.15) is 6.85 Å². The van der Waals surface area contributed by atoms with E-state index in [1.54, 1.807) is 0 Å². The fraction of sp³-hybridized carbons (Fsp3) is 0. The summed E-state index contributed by atoms with van der Waals surface area (Å²) in [6.45, 7) is 0. The van der Waals surface area contributed by atoms with E-state index >= 15 is 0 Å². The highest BCUT2D eigenvalue weighted by molar-refractivity contribution is 7.26. The highest BCUT2D eigenvalue weighted by Crippen LogP contribution is 2.45. The molecule has 11 rings (SSSR count). The lowest BCUT2D eigenvalue weighted by Crippen LogP contribution is -1.95. The molecular weight excluding hydrogens is 599 g/mol. The second-order valence-corrected chi connectivity index (χ2v) is 13.5. The fourth-order valence-electron chi connectivity index (χ4n) is 7.97. The van der Waals surface area contributed by atoms with Crippen LogP contribution in [0.25, 0.3) is 102 Å². The minimum atomic E-state index is -0.387. The Bertz CT molecular complexity index is 3330. The number of fused-ring (bicyclic) bond motifs is 7. The molecule has 0 unspecified atom stereocenters. The number of thiophene rings is 1. The zero-order valence-electron chi connectivity index (χ0n) is 30.6. The molecule has 2 heterocycles. The van der Waals surface area contributed by atoms with E-state index in [4.69, 9.17) is 6.85 Å². The van der Waals surface area contributed by atoms with Crippen LogP contribution in [0.15, 0.2) is 164 Å². The number of hydrogen-bond acceptors (Lipinski definition) is 1. The summed E-state index contributed by atoms with van der Waals surface area (Å²) >= 11 is 1.85. The zero-order valence-corrected chi connectivity index (χ0v) is 26.4. The van der Waals surface area contributed by atoms with Gasteiger partial charge in [0.1, 0.15) is 0 Å². The van der Waals surface area contributed by atoms with E-state index in [0.717, 1.165) is 49.1 Å². The van der Waals surface area contributed by atoms with Crippen LogP contribution < -0.4 is 0 Å². The van der Waals surface area contributed by atoms with Crippen LogP contribution in [0.4, 0.5) is 0 Å². The van der Waals surface area contributed by atoms with E-state index in [1.165, 1.54) is 42.0 Å². The van der Waals surface area contributed by atoms with Crippen molar-refractivity contribution in [3.8, 4) is 27.9 Å². The average molecular weight is 631 g/mol. The second-order valence-electron chi connectivity index (χ2n) is 12.5. The van der Waals surface area contributed by atoms with Crippen molar-refractivity contribution in [1.82, 2.24) is 4.57 Å². The van der Waals surface area contributed by atoms with E-state index in [9.17, 15) is 0 Å². The van der Waals surface area contributed by atoms with Gasteiger partial charge in [0, 0.05) is 31.9 Å². The van der Waals surface area contributed by atoms with Crippen LogP contribution in [0.5, 0.6) is 0 Å². The molecule has 0 saturated carbocycles. The van der Waals surface area contributed by atoms with Gasteiger partial charge in [-0.3, -0.25) is 0 Å². The Morgan fingerprint density at radius 3 is 1.92 bits per heavy atom. The van der Waals surface area contributed by atoms with Crippen molar-refractivity contribution in [3.63, 3.8) is 0 Å². The molecule has 0 saturated heterocycles. The van der Waals surface area contributed by atoms with E-state index in [1.807, 2.05) is 29.5 Å². The smallest absolute Gasteiger partial charge is 0.0719 e. The Balaban J connectivity index is 1.16. The van der Waals surface area contributed by atoms with E-state index in [-0.39, 0.29) is 35.8 Å². The second kappa shape index (κ2) is 9.78. The number of nitrogens with zero attached hydrogens (tertiary/aromatic N) is 1. The highest BCUT2D eigenvalue weighted by Gasteiger charge is 2.19. The van der Waals surface area contributed by atoms with Gasteiger partial charge in [-0.15, -0.1) is 11.3 Å². The highest BCUT2D eigenvalue weighted by atomic mass is 32.1. The molecule has 0 spiro atoms. The molecule has 0 aliphatic rings. The SMILES string of the molecule is [2H]c1c([2H])c([2H])c(-c2ccc3ccc4c(-c5cccc(-n6c7ccccc7c7ccc8c9ccccc9sc8c76)c5)ccc5ccc2c3c54)c([2H])c1[2H]. The van der Waals surface area contributed by atoms with Crippen molar-refractivity contribution in [2.75, 3.05) is 0 Å². The number of para-hydroxylation sites is 1. The Kier molecular flexibility index (Phi) is 4.43. The van der Waals surface area contributed by atoms with Crippen molar-refractivity contribution in [2.24, 2.45) is 0 Å². The standard InChI is InChI=1S/C46H27NS/c1-2-9-28(10-3-1)33-21-17-29-20-24-38-34(22-18-30-19-23-37(33)43(29)44(30)38)31-11-8-12-32(27-31)47-41-15-6-4-13-35(41)39-25-26-40-36-14-5-7-16-42(36)48-46(40)45(39)47/h1-27H/i1D,2D,3D,9D,10D. The summed E-state index contributed by atoms with van der Waals surface area (Å²) in [5, 5.41) is 11.2. The molecule has 0 N–H and O–H groups in total. The van der Waals surface area contributed by atoms with Gasteiger partial charge in [-0.05, 0) is 78.8 Å². The molecule has 11 aromatic rings. The number of rotatable bonds is 3. The van der Waals surface area contributed by atoms with Crippen LogP contribution in [-0.4, -0.2) is 4.57 Å². The van der Waals surface area contributed by atoms with Gasteiger partial charge in [-0.2, -0.15) is 0 Å². The van der Waals surface area contributed by atoms with E-state index in [0.29, 0.717) is 5.56 Å². The van der Waals surface area contributed by atoms with E-state index < -0.39 is 0 Å². The van der Waals surface area contributed by atoms with Gasteiger partial charge in [-0.1, -0.05) is 139 Å². The largest absolute Gasteiger partial charge is 0.308 e. The first kappa shape index (κ1) is 21.8. The summed E-state index contributed by atoms with van der Waals surface area (Å²) in [6, 6.07) is 45.9. The first-order chi connectivity index (χ1) is 25.9. The molecule has 0 amide bonds. The Morgan fingerprint density at radius 1 is 0.479 bits per heavy atom. The van der Waals surface area contributed by atoms with Gasteiger partial charge in [-0.25, -0.2) is 0 Å². The third kappa shape index (κ3) is 3.55. The zero-order chi connectivity index (χ0) is 35.7. The summed E-state index contributed by atoms with van der Waals surface area (Å²) in [6.07, 6.45) is 0. The van der Waals surface area contributed by atoms with Crippen LogP contribution in [0, 0.1) is 0 Å². The first-order valence-corrected chi connectivity index (χ1v) is 16.9. The molecule has 0 aliphatic heterocycles. The monoisotopic (exact) mass is 630 g/mol. The molecule has 9 aromatic carbocycles. The Morgan fingerprint density at radius 2 is 1.12 bits per heavy atom. The van der Waals surface area contributed by atoms with Crippen LogP contribution in [0.2, 0.25) is 0 Å². The van der Waals surface area contributed by atoms with Crippen molar-refractivity contribution < 1.29 is 6.85 Å². The topological polar surface area (TPSA) is 4.93 Å². The molecule has 0 fully saturated rings. The maximum Gasteiger partial charge on any atom is 0.0719 e. The summed E-state index contributed by atoms with van der Waals surface area (Å²) < 4.78 is 47.3. The molecule has 48 heavy (non-hydrogen) atoms. The first-order valence-electron chi connectivity index (χ1n) is 18.6. The lowest BCUT2D eigenvalue weighted by molar-refractivity contribution is 1.19. The quantitative estimate of drug-likeness (QED) is 0.171. The van der Waals surface area contributed by atoms with Gasteiger partial charge in [0.2, 0.25) is 0 Å². The third-order valence-corrected chi connectivity index (χ3v) is 11.2. The maximum absolute atomic E-state index is 8.73. The number of benzene rings is 9. The molecule has 2 heteroatoms. The van der Waals surface area contributed by atoms with Crippen molar-refractivity contribution in [3.05, 3.63) is 164 Å². The van der Waals surface area contributed by atoms with Crippen LogP contribution in [0.3, 0.4) is 0 Å². The number of aromatic nitrogens is 1. The Hall–Kier alpha value is -5.96.